The Labute approximate surface area is 115 Å². The third-order valence-corrected chi connectivity index (χ3v) is 5.30. The quantitative estimate of drug-likeness (QED) is 0.838. The SMILES string of the molecule is CSC1CCCC1n1c(C)nnc1SCC(=O)O. The summed E-state index contributed by atoms with van der Waals surface area (Å²) in [6.45, 7) is 1.94. The minimum atomic E-state index is -0.819. The van der Waals surface area contributed by atoms with Gasteiger partial charge in [0.15, 0.2) is 5.16 Å². The Morgan fingerprint density at radius 3 is 2.94 bits per heavy atom. The number of aromatic nitrogens is 3. The molecule has 1 aromatic heterocycles. The number of thioether (sulfide) groups is 2. The van der Waals surface area contributed by atoms with Crippen molar-refractivity contribution in [1.82, 2.24) is 14.8 Å². The Kier molecular flexibility index (Phi) is 4.55. The number of aryl methyl sites for hydroxylation is 1. The Balaban J connectivity index is 2.20. The molecule has 7 heteroatoms. The van der Waals surface area contributed by atoms with Gasteiger partial charge < -0.3 is 9.67 Å². The van der Waals surface area contributed by atoms with Crippen molar-refractivity contribution in [3.8, 4) is 0 Å². The second kappa shape index (κ2) is 5.97. The smallest absolute Gasteiger partial charge is 0.313 e. The van der Waals surface area contributed by atoms with Crippen LogP contribution in [-0.4, -0.2) is 43.1 Å². The Morgan fingerprint density at radius 2 is 2.28 bits per heavy atom. The van der Waals surface area contributed by atoms with E-state index in [9.17, 15) is 4.79 Å². The average Bonchev–Trinajstić information content (AvgIpc) is 2.92. The molecule has 0 aliphatic heterocycles. The highest BCUT2D eigenvalue weighted by Crippen LogP contribution is 2.39. The molecule has 0 radical (unpaired) electrons. The summed E-state index contributed by atoms with van der Waals surface area (Å²) in [5.41, 5.74) is 0. The maximum Gasteiger partial charge on any atom is 0.313 e. The summed E-state index contributed by atoms with van der Waals surface area (Å²) in [5.74, 6) is 0.100. The van der Waals surface area contributed by atoms with E-state index in [0.29, 0.717) is 11.3 Å². The van der Waals surface area contributed by atoms with E-state index >= 15 is 0 Å². The maximum absolute atomic E-state index is 10.7. The summed E-state index contributed by atoms with van der Waals surface area (Å²) >= 11 is 3.13. The summed E-state index contributed by atoms with van der Waals surface area (Å²) in [6.07, 6.45) is 5.70. The molecule has 1 saturated carbocycles. The van der Waals surface area contributed by atoms with Crippen LogP contribution in [0.5, 0.6) is 0 Å². The number of rotatable bonds is 5. The molecule has 0 saturated heterocycles. The first-order chi connectivity index (χ1) is 8.63. The molecule has 5 nitrogen and oxygen atoms in total. The number of carboxylic acid groups (broad SMARTS) is 1. The van der Waals surface area contributed by atoms with Gasteiger partial charge in [-0.05, 0) is 26.0 Å². The zero-order chi connectivity index (χ0) is 13.1. The zero-order valence-corrected chi connectivity index (χ0v) is 12.1. The van der Waals surface area contributed by atoms with Crippen LogP contribution in [0.4, 0.5) is 0 Å². The van der Waals surface area contributed by atoms with E-state index in [1.54, 1.807) is 0 Å². The number of aliphatic carboxylic acids is 1. The van der Waals surface area contributed by atoms with Crippen molar-refractivity contribution in [2.24, 2.45) is 0 Å². The third kappa shape index (κ3) is 2.83. The zero-order valence-electron chi connectivity index (χ0n) is 10.5. The van der Waals surface area contributed by atoms with Crippen molar-refractivity contribution in [2.75, 3.05) is 12.0 Å². The summed E-state index contributed by atoms with van der Waals surface area (Å²) in [4.78, 5) is 10.7. The Morgan fingerprint density at radius 1 is 1.50 bits per heavy atom. The van der Waals surface area contributed by atoms with E-state index in [1.165, 1.54) is 24.6 Å². The molecule has 100 valence electrons. The van der Waals surface area contributed by atoms with Crippen molar-refractivity contribution in [3.05, 3.63) is 5.82 Å². The molecule has 1 aliphatic rings. The van der Waals surface area contributed by atoms with Crippen LogP contribution in [0.3, 0.4) is 0 Å². The second-order valence-electron chi connectivity index (χ2n) is 4.35. The van der Waals surface area contributed by atoms with Crippen LogP contribution in [0.2, 0.25) is 0 Å². The lowest BCUT2D eigenvalue weighted by Gasteiger charge is -2.21. The van der Waals surface area contributed by atoms with Crippen LogP contribution in [0.1, 0.15) is 31.1 Å². The largest absolute Gasteiger partial charge is 0.481 e. The first-order valence-corrected chi connectivity index (χ1v) is 8.19. The van der Waals surface area contributed by atoms with Crippen LogP contribution in [0.25, 0.3) is 0 Å². The predicted octanol–water partition coefficient (Wildman–Crippen LogP) is 2.22. The van der Waals surface area contributed by atoms with E-state index in [1.807, 2.05) is 18.7 Å². The minimum Gasteiger partial charge on any atom is -0.481 e. The molecule has 18 heavy (non-hydrogen) atoms. The van der Waals surface area contributed by atoms with Crippen molar-refractivity contribution >= 4 is 29.5 Å². The molecule has 0 bridgehead atoms. The molecule has 0 aromatic carbocycles. The van der Waals surface area contributed by atoms with E-state index in [4.69, 9.17) is 5.11 Å². The van der Waals surface area contributed by atoms with Gasteiger partial charge in [0.25, 0.3) is 0 Å². The van der Waals surface area contributed by atoms with Crippen molar-refractivity contribution in [2.45, 2.75) is 42.6 Å². The van der Waals surface area contributed by atoms with Crippen LogP contribution >= 0.6 is 23.5 Å². The van der Waals surface area contributed by atoms with Gasteiger partial charge in [0.1, 0.15) is 5.82 Å². The highest BCUT2D eigenvalue weighted by atomic mass is 32.2. The standard InChI is InChI=1S/C11H17N3O2S2/c1-7-12-13-11(18-6-10(15)16)14(7)8-4-3-5-9(8)17-2/h8-9H,3-6H2,1-2H3,(H,15,16). The monoisotopic (exact) mass is 287 g/mol. The molecule has 2 unspecified atom stereocenters. The number of carbonyl (C=O) groups is 1. The second-order valence-corrected chi connectivity index (χ2v) is 6.37. The first-order valence-electron chi connectivity index (χ1n) is 5.92. The lowest BCUT2D eigenvalue weighted by molar-refractivity contribution is -0.133. The van der Waals surface area contributed by atoms with E-state index in [-0.39, 0.29) is 5.75 Å². The van der Waals surface area contributed by atoms with Gasteiger partial charge in [-0.2, -0.15) is 11.8 Å². The molecule has 1 fully saturated rings. The highest BCUT2D eigenvalue weighted by molar-refractivity contribution is 7.99. The summed E-state index contributed by atoms with van der Waals surface area (Å²) < 4.78 is 2.13. The fourth-order valence-electron chi connectivity index (χ4n) is 2.43. The van der Waals surface area contributed by atoms with Crippen LogP contribution in [0, 0.1) is 6.92 Å². The molecule has 1 aliphatic carbocycles. The van der Waals surface area contributed by atoms with E-state index in [2.05, 4.69) is 21.0 Å². The van der Waals surface area contributed by atoms with Gasteiger partial charge in [-0.3, -0.25) is 4.79 Å². The third-order valence-electron chi connectivity index (χ3n) is 3.21. The summed E-state index contributed by atoms with van der Waals surface area (Å²) in [5, 5.41) is 18.3. The van der Waals surface area contributed by atoms with E-state index < -0.39 is 5.97 Å². The normalized spacial score (nSPS) is 23.4. The summed E-state index contributed by atoms with van der Waals surface area (Å²) in [6, 6.07) is 0.409. The van der Waals surface area contributed by atoms with Crippen LogP contribution in [-0.2, 0) is 4.79 Å². The molecule has 2 rings (SSSR count). The molecular weight excluding hydrogens is 270 g/mol. The average molecular weight is 287 g/mol. The first kappa shape index (κ1) is 13.7. The number of hydrogen-bond donors (Lipinski definition) is 1. The lowest BCUT2D eigenvalue weighted by Crippen LogP contribution is -2.18. The van der Waals surface area contributed by atoms with Gasteiger partial charge >= 0.3 is 5.97 Å². The van der Waals surface area contributed by atoms with Crippen LogP contribution in [0.15, 0.2) is 5.16 Å². The lowest BCUT2D eigenvalue weighted by atomic mass is 10.2. The molecule has 1 N–H and O–H groups in total. The molecular formula is C11H17N3O2S2. The van der Waals surface area contributed by atoms with E-state index in [0.717, 1.165) is 17.4 Å². The summed E-state index contributed by atoms with van der Waals surface area (Å²) in [7, 11) is 0. The molecule has 0 spiro atoms. The molecule has 2 atom stereocenters. The Hall–Kier alpha value is -0.690. The van der Waals surface area contributed by atoms with Gasteiger partial charge in [0.05, 0.1) is 5.75 Å². The number of nitrogens with zero attached hydrogens (tertiary/aromatic N) is 3. The number of hydrogen-bond acceptors (Lipinski definition) is 5. The Bertz CT molecular complexity index is 436. The minimum absolute atomic E-state index is 0.0365. The molecule has 1 heterocycles. The van der Waals surface area contributed by atoms with Crippen molar-refractivity contribution < 1.29 is 9.90 Å². The van der Waals surface area contributed by atoms with Gasteiger partial charge in [-0.1, -0.05) is 18.2 Å². The fourth-order valence-corrected chi connectivity index (χ4v) is 4.17. The van der Waals surface area contributed by atoms with Crippen LogP contribution < -0.4 is 0 Å². The van der Waals surface area contributed by atoms with Gasteiger partial charge in [-0.25, -0.2) is 0 Å². The van der Waals surface area contributed by atoms with Crippen molar-refractivity contribution in [3.63, 3.8) is 0 Å². The van der Waals surface area contributed by atoms with Crippen molar-refractivity contribution in [1.29, 1.82) is 0 Å². The maximum atomic E-state index is 10.7. The molecule has 0 amide bonds. The fraction of sp³-hybridized carbons (Fsp3) is 0.727. The number of carboxylic acids is 1. The van der Waals surface area contributed by atoms with Gasteiger partial charge in [0.2, 0.25) is 0 Å². The topological polar surface area (TPSA) is 68.0 Å². The van der Waals surface area contributed by atoms with Gasteiger partial charge in [0, 0.05) is 11.3 Å². The predicted molar refractivity (Wildman–Crippen MR) is 73.3 cm³/mol. The van der Waals surface area contributed by atoms with Gasteiger partial charge in [-0.15, -0.1) is 10.2 Å². The molecule has 1 aromatic rings. The highest BCUT2D eigenvalue weighted by Gasteiger charge is 2.31.